The van der Waals surface area contributed by atoms with Gasteiger partial charge in [-0.05, 0) is 43.2 Å². The minimum Gasteiger partial charge on any atom is -0.326 e. The molecule has 1 fully saturated rings. The van der Waals surface area contributed by atoms with E-state index < -0.39 is 10.0 Å². The molecule has 2 aromatic rings. The summed E-state index contributed by atoms with van der Waals surface area (Å²) in [7, 11) is -3.65. The van der Waals surface area contributed by atoms with Crippen molar-refractivity contribution in [2.24, 2.45) is 5.92 Å². The molecule has 0 bridgehead atoms. The van der Waals surface area contributed by atoms with Gasteiger partial charge in [0.05, 0.1) is 16.5 Å². The van der Waals surface area contributed by atoms with Crippen LogP contribution in [0.5, 0.6) is 0 Å². The molecule has 1 aliphatic heterocycles. The second kappa shape index (κ2) is 7.68. The van der Waals surface area contributed by atoms with E-state index in [2.05, 4.69) is 5.32 Å². The lowest BCUT2D eigenvalue weighted by molar-refractivity contribution is -0.120. The Morgan fingerprint density at radius 2 is 1.77 bits per heavy atom. The van der Waals surface area contributed by atoms with Crippen molar-refractivity contribution in [3.8, 4) is 6.07 Å². The number of sulfonamides is 1. The molecule has 26 heavy (non-hydrogen) atoms. The monoisotopic (exact) mass is 369 g/mol. The highest BCUT2D eigenvalue weighted by Crippen LogP contribution is 2.25. The molecule has 0 spiro atoms. The fourth-order valence-electron chi connectivity index (χ4n) is 3.00. The van der Waals surface area contributed by atoms with E-state index in [1.165, 1.54) is 16.4 Å². The molecular formula is C19H19N3O3S. The SMILES string of the molecule is N#Cc1cccc(S(=O)(=O)N2CCC(C(=O)Nc3ccccc3)CC2)c1. The highest BCUT2D eigenvalue weighted by Gasteiger charge is 2.32. The van der Waals surface area contributed by atoms with E-state index in [1.54, 1.807) is 12.1 Å². The number of para-hydroxylation sites is 1. The van der Waals surface area contributed by atoms with E-state index in [0.29, 0.717) is 18.4 Å². The summed E-state index contributed by atoms with van der Waals surface area (Å²) in [5.74, 6) is -0.299. The van der Waals surface area contributed by atoms with Gasteiger partial charge in [0.15, 0.2) is 0 Å². The highest BCUT2D eigenvalue weighted by molar-refractivity contribution is 7.89. The number of carbonyl (C=O) groups is 1. The number of rotatable bonds is 4. The molecule has 0 unspecified atom stereocenters. The summed E-state index contributed by atoms with van der Waals surface area (Å²) in [6.45, 7) is 0.567. The fraction of sp³-hybridized carbons (Fsp3) is 0.263. The fourth-order valence-corrected chi connectivity index (χ4v) is 4.52. The van der Waals surface area contributed by atoms with Crippen LogP contribution in [-0.2, 0) is 14.8 Å². The van der Waals surface area contributed by atoms with E-state index in [-0.39, 0.29) is 29.8 Å². The van der Waals surface area contributed by atoms with Gasteiger partial charge in [0.2, 0.25) is 15.9 Å². The van der Waals surface area contributed by atoms with Gasteiger partial charge in [-0.2, -0.15) is 9.57 Å². The molecular weight excluding hydrogens is 350 g/mol. The van der Waals surface area contributed by atoms with Crippen LogP contribution in [-0.4, -0.2) is 31.7 Å². The summed E-state index contributed by atoms with van der Waals surface area (Å²) in [5.41, 5.74) is 1.05. The number of piperidine rings is 1. The minimum atomic E-state index is -3.65. The van der Waals surface area contributed by atoms with Gasteiger partial charge in [-0.15, -0.1) is 0 Å². The van der Waals surface area contributed by atoms with Crippen LogP contribution < -0.4 is 5.32 Å². The number of hydrogen-bond acceptors (Lipinski definition) is 4. The Labute approximate surface area is 153 Å². The van der Waals surface area contributed by atoms with Crippen molar-refractivity contribution >= 4 is 21.6 Å². The first-order valence-corrected chi connectivity index (χ1v) is 9.81. The summed E-state index contributed by atoms with van der Waals surface area (Å²) >= 11 is 0. The second-order valence-corrected chi connectivity index (χ2v) is 8.11. The molecule has 1 amide bonds. The maximum absolute atomic E-state index is 12.7. The Morgan fingerprint density at radius 3 is 2.42 bits per heavy atom. The zero-order chi connectivity index (χ0) is 18.6. The number of carbonyl (C=O) groups excluding carboxylic acids is 1. The molecule has 0 saturated carbocycles. The van der Waals surface area contributed by atoms with Crippen molar-refractivity contribution in [3.05, 3.63) is 60.2 Å². The van der Waals surface area contributed by atoms with Crippen molar-refractivity contribution in [1.29, 1.82) is 5.26 Å². The van der Waals surface area contributed by atoms with Crippen molar-refractivity contribution in [3.63, 3.8) is 0 Å². The first-order chi connectivity index (χ1) is 12.5. The number of nitrogens with one attached hydrogen (secondary N) is 1. The summed E-state index contributed by atoms with van der Waals surface area (Å²) in [4.78, 5) is 12.5. The maximum atomic E-state index is 12.7. The molecule has 6 nitrogen and oxygen atoms in total. The summed E-state index contributed by atoms with van der Waals surface area (Å²) in [6, 6.07) is 17.2. The standard InChI is InChI=1S/C19H19N3O3S/c20-14-15-5-4-8-18(13-15)26(24,25)22-11-9-16(10-12-22)19(23)21-17-6-2-1-3-7-17/h1-8,13,16H,9-12H2,(H,21,23). The number of amides is 1. The average Bonchev–Trinajstić information content (AvgIpc) is 2.69. The number of nitrogens with zero attached hydrogens (tertiary/aromatic N) is 2. The van der Waals surface area contributed by atoms with Crippen molar-refractivity contribution in [1.82, 2.24) is 4.31 Å². The van der Waals surface area contributed by atoms with Gasteiger partial charge in [0.1, 0.15) is 0 Å². The highest BCUT2D eigenvalue weighted by atomic mass is 32.2. The molecule has 2 aromatic carbocycles. The average molecular weight is 369 g/mol. The molecule has 0 radical (unpaired) electrons. The lowest BCUT2D eigenvalue weighted by atomic mass is 9.97. The zero-order valence-electron chi connectivity index (χ0n) is 14.1. The Hall–Kier alpha value is -2.69. The first-order valence-electron chi connectivity index (χ1n) is 8.37. The van der Waals surface area contributed by atoms with Crippen LogP contribution in [0, 0.1) is 17.2 Å². The summed E-state index contributed by atoms with van der Waals surface area (Å²) in [6.07, 6.45) is 0.936. The Balaban J connectivity index is 1.64. The number of nitriles is 1. The van der Waals surface area contributed by atoms with Crippen molar-refractivity contribution in [2.75, 3.05) is 18.4 Å². The molecule has 134 valence electrons. The summed E-state index contributed by atoms with van der Waals surface area (Å²) in [5, 5.41) is 11.8. The molecule has 1 N–H and O–H groups in total. The predicted molar refractivity (Wildman–Crippen MR) is 97.7 cm³/mol. The third kappa shape index (κ3) is 3.93. The Morgan fingerprint density at radius 1 is 1.08 bits per heavy atom. The predicted octanol–water partition coefficient (Wildman–Crippen LogP) is 2.60. The van der Waals surface area contributed by atoms with Crippen LogP contribution in [0.2, 0.25) is 0 Å². The number of hydrogen-bond donors (Lipinski definition) is 1. The van der Waals surface area contributed by atoms with Gasteiger partial charge < -0.3 is 5.32 Å². The van der Waals surface area contributed by atoms with E-state index in [0.717, 1.165) is 5.69 Å². The minimum absolute atomic E-state index is 0.0836. The van der Waals surface area contributed by atoms with E-state index in [4.69, 9.17) is 5.26 Å². The number of benzene rings is 2. The van der Waals surface area contributed by atoms with E-state index in [9.17, 15) is 13.2 Å². The smallest absolute Gasteiger partial charge is 0.243 e. The van der Waals surface area contributed by atoms with Crippen molar-refractivity contribution in [2.45, 2.75) is 17.7 Å². The third-order valence-corrected chi connectivity index (χ3v) is 6.36. The molecule has 3 rings (SSSR count). The topological polar surface area (TPSA) is 90.3 Å². The molecule has 7 heteroatoms. The van der Waals surface area contributed by atoms with Gasteiger partial charge in [-0.25, -0.2) is 8.42 Å². The largest absolute Gasteiger partial charge is 0.326 e. The molecule has 1 aliphatic rings. The van der Waals surface area contributed by atoms with Gasteiger partial charge in [0, 0.05) is 24.7 Å². The lowest BCUT2D eigenvalue weighted by Gasteiger charge is -2.30. The van der Waals surface area contributed by atoms with E-state index in [1.807, 2.05) is 36.4 Å². The second-order valence-electron chi connectivity index (χ2n) is 6.17. The van der Waals surface area contributed by atoms with Gasteiger partial charge in [0.25, 0.3) is 0 Å². The van der Waals surface area contributed by atoms with Crippen molar-refractivity contribution < 1.29 is 13.2 Å². The Kier molecular flexibility index (Phi) is 5.35. The van der Waals surface area contributed by atoms with Crippen LogP contribution in [0.1, 0.15) is 18.4 Å². The zero-order valence-corrected chi connectivity index (χ0v) is 14.9. The van der Waals surface area contributed by atoms with Gasteiger partial charge in [-0.1, -0.05) is 24.3 Å². The lowest BCUT2D eigenvalue weighted by Crippen LogP contribution is -2.41. The first kappa shape index (κ1) is 18.1. The number of anilines is 1. The molecule has 1 saturated heterocycles. The molecule has 1 heterocycles. The summed E-state index contributed by atoms with van der Waals surface area (Å²) < 4.78 is 26.9. The Bertz CT molecular complexity index is 928. The maximum Gasteiger partial charge on any atom is 0.243 e. The van der Waals surface area contributed by atoms with Crippen LogP contribution >= 0.6 is 0 Å². The van der Waals surface area contributed by atoms with Gasteiger partial charge in [-0.3, -0.25) is 4.79 Å². The van der Waals surface area contributed by atoms with Gasteiger partial charge >= 0.3 is 0 Å². The van der Waals surface area contributed by atoms with Crippen LogP contribution in [0.15, 0.2) is 59.5 Å². The molecule has 0 atom stereocenters. The molecule has 0 aromatic heterocycles. The van der Waals surface area contributed by atoms with Crippen LogP contribution in [0.25, 0.3) is 0 Å². The van der Waals surface area contributed by atoms with Crippen LogP contribution in [0.3, 0.4) is 0 Å². The third-order valence-electron chi connectivity index (χ3n) is 4.47. The molecule has 0 aliphatic carbocycles. The quantitative estimate of drug-likeness (QED) is 0.897. The van der Waals surface area contributed by atoms with E-state index >= 15 is 0 Å². The van der Waals surface area contributed by atoms with Crippen LogP contribution in [0.4, 0.5) is 5.69 Å². The normalized spacial score (nSPS) is 16.0.